The van der Waals surface area contributed by atoms with Crippen LogP contribution in [0.15, 0.2) is 164 Å². The molecule has 0 bridgehead atoms. The molecule has 4 heteroatoms. The zero-order chi connectivity index (χ0) is 32.3. The molecule has 10 aromatic rings. The van der Waals surface area contributed by atoms with Crippen LogP contribution in [0, 0.1) is 0 Å². The maximum atomic E-state index is 5.30. The number of para-hydroxylation sites is 2. The van der Waals surface area contributed by atoms with Crippen molar-refractivity contribution in [3.8, 4) is 45.0 Å². The topological polar surface area (TPSA) is 38.7 Å². The van der Waals surface area contributed by atoms with Gasteiger partial charge in [-0.05, 0) is 35.4 Å². The summed E-state index contributed by atoms with van der Waals surface area (Å²) in [5.41, 5.74) is 9.23. The van der Waals surface area contributed by atoms with Crippen LogP contribution in [-0.2, 0) is 0 Å². The van der Waals surface area contributed by atoms with Crippen molar-refractivity contribution in [3.05, 3.63) is 164 Å². The molecule has 0 aliphatic heterocycles. The lowest BCUT2D eigenvalue weighted by Crippen LogP contribution is -1.96. The Balaban J connectivity index is 1.16. The summed E-state index contributed by atoms with van der Waals surface area (Å²) in [6, 6.07) is 57.7. The van der Waals surface area contributed by atoms with E-state index in [1.807, 2.05) is 23.5 Å². The Kier molecular flexibility index (Phi) is 6.36. The monoisotopic (exact) mass is 641 g/mol. The highest BCUT2D eigenvalue weighted by Crippen LogP contribution is 2.43. The molecule has 10 rings (SSSR count). The van der Waals surface area contributed by atoms with Crippen molar-refractivity contribution in [2.45, 2.75) is 0 Å². The summed E-state index contributed by atoms with van der Waals surface area (Å²) in [4.78, 5) is 15.5. The first-order chi connectivity index (χ1) is 24.3. The molecule has 7 aromatic carbocycles. The molecule has 0 unspecified atom stereocenters. The summed E-state index contributed by atoms with van der Waals surface area (Å²) in [5.74, 6) is 0.708. The van der Waals surface area contributed by atoms with Crippen LogP contribution in [0.1, 0.15) is 0 Å². The van der Waals surface area contributed by atoms with Gasteiger partial charge in [0.25, 0.3) is 0 Å². The van der Waals surface area contributed by atoms with E-state index in [0.717, 1.165) is 49.9 Å². The van der Waals surface area contributed by atoms with E-state index in [9.17, 15) is 0 Å². The molecule has 0 saturated heterocycles. The van der Waals surface area contributed by atoms with Gasteiger partial charge < -0.3 is 0 Å². The van der Waals surface area contributed by atoms with Gasteiger partial charge in [-0.1, -0.05) is 140 Å². The molecule has 0 aliphatic carbocycles. The maximum absolute atomic E-state index is 5.30. The van der Waals surface area contributed by atoms with Crippen LogP contribution in [0.3, 0.4) is 0 Å². The van der Waals surface area contributed by atoms with E-state index in [4.69, 9.17) is 15.0 Å². The lowest BCUT2D eigenvalue weighted by Gasteiger charge is -2.13. The van der Waals surface area contributed by atoms with Crippen LogP contribution in [0.25, 0.3) is 97.8 Å². The number of nitrogens with zero attached hydrogens (tertiary/aromatic N) is 3. The highest BCUT2D eigenvalue weighted by Gasteiger charge is 2.18. The molecular formula is C45H27N3S. The second-order valence-corrected chi connectivity index (χ2v) is 13.4. The zero-order valence-electron chi connectivity index (χ0n) is 26.3. The molecule has 3 heterocycles. The molecule has 3 aromatic heterocycles. The van der Waals surface area contributed by atoms with E-state index in [2.05, 4.69) is 152 Å². The first-order valence-electron chi connectivity index (χ1n) is 16.4. The van der Waals surface area contributed by atoms with E-state index < -0.39 is 0 Å². The molecular weight excluding hydrogens is 615 g/mol. The SMILES string of the molecule is c1ccc(-c2ccc(-c3nc(-c4cccc(-c5nc6ccccc6c6c5ccc5c7ccccc7sc56)c4)c4ccccc4n3)cc2)cc1. The fraction of sp³-hybridized carbons (Fsp3) is 0. The lowest BCUT2D eigenvalue weighted by atomic mass is 9.96. The van der Waals surface area contributed by atoms with Gasteiger partial charge in [0.2, 0.25) is 0 Å². The van der Waals surface area contributed by atoms with Gasteiger partial charge in [0.05, 0.1) is 22.4 Å². The van der Waals surface area contributed by atoms with Crippen LogP contribution in [-0.4, -0.2) is 15.0 Å². The second-order valence-electron chi connectivity index (χ2n) is 12.4. The van der Waals surface area contributed by atoms with Crippen molar-refractivity contribution >= 4 is 64.1 Å². The molecule has 49 heavy (non-hydrogen) atoms. The molecule has 0 spiro atoms. The third kappa shape index (κ3) is 4.61. The van der Waals surface area contributed by atoms with Crippen LogP contribution < -0.4 is 0 Å². The van der Waals surface area contributed by atoms with Crippen LogP contribution in [0.2, 0.25) is 0 Å². The Morgan fingerprint density at radius 3 is 1.71 bits per heavy atom. The molecule has 0 atom stereocenters. The van der Waals surface area contributed by atoms with E-state index in [1.54, 1.807) is 0 Å². The highest BCUT2D eigenvalue weighted by molar-refractivity contribution is 7.26. The second kappa shape index (κ2) is 11.2. The number of aromatic nitrogens is 3. The van der Waals surface area contributed by atoms with Gasteiger partial charge in [0.15, 0.2) is 5.82 Å². The molecule has 0 saturated carbocycles. The summed E-state index contributed by atoms with van der Waals surface area (Å²) in [6.07, 6.45) is 0. The molecule has 228 valence electrons. The van der Waals surface area contributed by atoms with Gasteiger partial charge in [0, 0.05) is 58.4 Å². The first-order valence-corrected chi connectivity index (χ1v) is 17.3. The van der Waals surface area contributed by atoms with Crippen LogP contribution in [0.5, 0.6) is 0 Å². The Bertz CT molecular complexity index is 2870. The van der Waals surface area contributed by atoms with Crippen molar-refractivity contribution < 1.29 is 0 Å². The molecule has 0 aliphatic rings. The van der Waals surface area contributed by atoms with E-state index >= 15 is 0 Å². The fourth-order valence-corrected chi connectivity index (χ4v) is 8.38. The highest BCUT2D eigenvalue weighted by atomic mass is 32.1. The maximum Gasteiger partial charge on any atom is 0.160 e. The van der Waals surface area contributed by atoms with Crippen LogP contribution >= 0.6 is 11.3 Å². The minimum Gasteiger partial charge on any atom is -0.247 e. The van der Waals surface area contributed by atoms with Gasteiger partial charge in [-0.2, -0.15) is 0 Å². The van der Waals surface area contributed by atoms with Crippen LogP contribution in [0.4, 0.5) is 0 Å². The average molecular weight is 642 g/mol. The first kappa shape index (κ1) is 27.8. The molecule has 3 nitrogen and oxygen atoms in total. The van der Waals surface area contributed by atoms with Gasteiger partial charge in [-0.3, -0.25) is 0 Å². The number of rotatable bonds is 4. The third-order valence-electron chi connectivity index (χ3n) is 9.47. The summed E-state index contributed by atoms with van der Waals surface area (Å²) < 4.78 is 2.61. The molecule has 0 radical (unpaired) electrons. The van der Waals surface area contributed by atoms with Gasteiger partial charge >= 0.3 is 0 Å². The number of benzene rings is 7. The van der Waals surface area contributed by atoms with E-state index in [1.165, 1.54) is 42.1 Å². The average Bonchev–Trinajstić information content (AvgIpc) is 3.56. The Morgan fingerprint density at radius 1 is 0.347 bits per heavy atom. The third-order valence-corrected chi connectivity index (χ3v) is 10.7. The van der Waals surface area contributed by atoms with Gasteiger partial charge in [0.1, 0.15) is 0 Å². The van der Waals surface area contributed by atoms with Gasteiger partial charge in [-0.25, -0.2) is 15.0 Å². The number of thiophene rings is 1. The van der Waals surface area contributed by atoms with Crippen molar-refractivity contribution in [2.24, 2.45) is 0 Å². The molecule has 0 amide bonds. The van der Waals surface area contributed by atoms with Crippen molar-refractivity contribution in [1.29, 1.82) is 0 Å². The lowest BCUT2D eigenvalue weighted by molar-refractivity contribution is 1.23. The summed E-state index contributed by atoms with van der Waals surface area (Å²) in [5, 5.41) is 7.21. The normalized spacial score (nSPS) is 11.7. The van der Waals surface area contributed by atoms with Crippen molar-refractivity contribution in [2.75, 3.05) is 0 Å². The predicted octanol–water partition coefficient (Wildman–Crippen LogP) is 12.4. The van der Waals surface area contributed by atoms with Gasteiger partial charge in [-0.15, -0.1) is 11.3 Å². The summed E-state index contributed by atoms with van der Waals surface area (Å²) in [7, 11) is 0. The predicted molar refractivity (Wildman–Crippen MR) is 207 cm³/mol. The minimum absolute atomic E-state index is 0.708. The Hall–Kier alpha value is -6.23. The molecule has 0 fully saturated rings. The fourth-order valence-electron chi connectivity index (χ4n) is 7.12. The Morgan fingerprint density at radius 2 is 0.918 bits per heavy atom. The van der Waals surface area contributed by atoms with E-state index in [0.29, 0.717) is 5.82 Å². The number of hydrogen-bond donors (Lipinski definition) is 0. The largest absolute Gasteiger partial charge is 0.247 e. The molecule has 0 N–H and O–H groups in total. The van der Waals surface area contributed by atoms with Crippen molar-refractivity contribution in [1.82, 2.24) is 15.0 Å². The zero-order valence-corrected chi connectivity index (χ0v) is 27.2. The summed E-state index contributed by atoms with van der Waals surface area (Å²) >= 11 is 1.87. The van der Waals surface area contributed by atoms with E-state index in [-0.39, 0.29) is 0 Å². The smallest absolute Gasteiger partial charge is 0.160 e. The minimum atomic E-state index is 0.708. The quantitative estimate of drug-likeness (QED) is 0.180. The number of pyridine rings is 1. The number of fused-ring (bicyclic) bond motifs is 8. The Labute approximate surface area is 286 Å². The van der Waals surface area contributed by atoms with Crippen molar-refractivity contribution in [3.63, 3.8) is 0 Å². The summed E-state index contributed by atoms with van der Waals surface area (Å²) in [6.45, 7) is 0. The standard InChI is InChI=1S/C45H27N3S/c1-2-11-28(12-3-1)29-21-23-30(24-22-29)45-47-39-19-8-5-17-36(39)42(48-45)31-13-10-14-32(27-31)43-37-26-25-34-33-15-6-9-20-40(33)49-44(34)41(37)35-16-4-7-18-38(35)46-43/h1-27H. The number of hydrogen-bond acceptors (Lipinski definition) is 4.